The SMILES string of the molecule is C[C@H](Cc1c(-c2ccccc2N)sc2ccccc12)N=C(/C=C(\N)c1ccccc1)C1=CCCC=C1. The van der Waals surface area contributed by atoms with Crippen LogP contribution in [0, 0.1) is 0 Å². The Morgan fingerprint density at radius 2 is 1.72 bits per heavy atom. The molecule has 180 valence electrons. The molecule has 4 heteroatoms. The zero-order chi connectivity index (χ0) is 24.9. The lowest BCUT2D eigenvalue weighted by Gasteiger charge is -2.14. The number of nitrogens with two attached hydrogens (primary N) is 2. The van der Waals surface area contributed by atoms with Gasteiger partial charge in [0, 0.05) is 26.5 Å². The lowest BCUT2D eigenvalue weighted by atomic mass is 9.98. The molecule has 0 fully saturated rings. The quantitative estimate of drug-likeness (QED) is 0.205. The van der Waals surface area contributed by atoms with Crippen molar-refractivity contribution in [3.8, 4) is 10.4 Å². The third-order valence-corrected chi connectivity index (χ3v) is 7.70. The van der Waals surface area contributed by atoms with Crippen molar-refractivity contribution in [3.05, 3.63) is 120 Å². The van der Waals surface area contributed by atoms with Crippen LogP contribution < -0.4 is 11.5 Å². The summed E-state index contributed by atoms with van der Waals surface area (Å²) in [7, 11) is 0. The Bertz CT molecular complexity index is 1490. The molecular formula is C32H31N3S. The van der Waals surface area contributed by atoms with Gasteiger partial charge in [-0.05, 0) is 66.5 Å². The minimum absolute atomic E-state index is 0.0535. The first-order valence-corrected chi connectivity index (χ1v) is 13.2. The number of benzene rings is 3. The van der Waals surface area contributed by atoms with E-state index in [1.807, 2.05) is 48.5 Å². The van der Waals surface area contributed by atoms with E-state index < -0.39 is 0 Å². The van der Waals surface area contributed by atoms with Crippen LogP contribution in [0.4, 0.5) is 5.69 Å². The maximum Gasteiger partial charge on any atom is 0.0667 e. The average Bonchev–Trinajstić information content (AvgIpc) is 3.27. The molecule has 1 atom stereocenters. The molecule has 1 heterocycles. The van der Waals surface area contributed by atoms with Crippen LogP contribution in [0.2, 0.25) is 0 Å². The molecular weight excluding hydrogens is 458 g/mol. The van der Waals surface area contributed by atoms with Crippen molar-refractivity contribution in [2.75, 3.05) is 5.73 Å². The van der Waals surface area contributed by atoms with Crippen LogP contribution >= 0.6 is 11.3 Å². The highest BCUT2D eigenvalue weighted by atomic mass is 32.1. The first-order chi connectivity index (χ1) is 17.6. The number of hydrogen-bond donors (Lipinski definition) is 2. The van der Waals surface area contributed by atoms with E-state index in [0.717, 1.165) is 53.1 Å². The second-order valence-corrected chi connectivity index (χ2v) is 10.2. The summed E-state index contributed by atoms with van der Waals surface area (Å²) >= 11 is 1.81. The lowest BCUT2D eigenvalue weighted by Crippen LogP contribution is -2.11. The van der Waals surface area contributed by atoms with Gasteiger partial charge >= 0.3 is 0 Å². The van der Waals surface area contributed by atoms with Gasteiger partial charge < -0.3 is 11.5 Å². The summed E-state index contributed by atoms with van der Waals surface area (Å²) in [5, 5.41) is 1.28. The second kappa shape index (κ2) is 10.8. The molecule has 0 radical (unpaired) electrons. The monoisotopic (exact) mass is 489 g/mol. The van der Waals surface area contributed by atoms with Crippen molar-refractivity contribution in [1.29, 1.82) is 0 Å². The third kappa shape index (κ3) is 5.19. The van der Waals surface area contributed by atoms with E-state index >= 15 is 0 Å². The van der Waals surface area contributed by atoms with E-state index in [0.29, 0.717) is 0 Å². The number of anilines is 1. The number of para-hydroxylation sites is 1. The molecule has 0 unspecified atom stereocenters. The summed E-state index contributed by atoms with van der Waals surface area (Å²) in [6.07, 6.45) is 11.6. The number of fused-ring (bicyclic) bond motifs is 1. The summed E-state index contributed by atoms with van der Waals surface area (Å²) < 4.78 is 1.27. The van der Waals surface area contributed by atoms with Gasteiger partial charge in [0.15, 0.2) is 0 Å². The van der Waals surface area contributed by atoms with Gasteiger partial charge in [0.1, 0.15) is 0 Å². The predicted molar refractivity (Wildman–Crippen MR) is 157 cm³/mol. The summed E-state index contributed by atoms with van der Waals surface area (Å²) in [4.78, 5) is 6.45. The minimum Gasteiger partial charge on any atom is -0.398 e. The standard InChI is InChI=1S/C32H31N3S/c1-22(35-30(24-14-6-3-7-15-24)21-29(34)23-12-4-2-5-13-23)20-27-25-16-9-11-19-31(25)36-32(27)26-17-8-10-18-28(26)33/h2,4-6,8-19,21-22H,3,7,20,33-34H2,1H3/b29-21-,35-30?/t22-/m1/s1. The van der Waals surface area contributed by atoms with E-state index in [2.05, 4.69) is 61.5 Å². The van der Waals surface area contributed by atoms with Crippen molar-refractivity contribution in [2.45, 2.75) is 32.2 Å². The molecule has 5 rings (SSSR count). The van der Waals surface area contributed by atoms with Gasteiger partial charge in [-0.1, -0.05) is 85.0 Å². The molecule has 1 aromatic heterocycles. The fourth-order valence-electron chi connectivity index (χ4n) is 4.66. The Morgan fingerprint density at radius 3 is 2.50 bits per heavy atom. The van der Waals surface area contributed by atoms with Gasteiger partial charge in [-0.2, -0.15) is 0 Å². The Morgan fingerprint density at radius 1 is 0.972 bits per heavy atom. The molecule has 0 amide bonds. The molecule has 0 saturated carbocycles. The summed E-state index contributed by atoms with van der Waals surface area (Å²) in [6.45, 7) is 2.18. The molecule has 1 aliphatic carbocycles. The molecule has 3 nitrogen and oxygen atoms in total. The molecule has 0 aliphatic heterocycles. The van der Waals surface area contributed by atoms with Gasteiger partial charge in [0.05, 0.1) is 11.8 Å². The van der Waals surface area contributed by atoms with E-state index in [1.165, 1.54) is 20.5 Å². The van der Waals surface area contributed by atoms with Crippen molar-refractivity contribution < 1.29 is 0 Å². The van der Waals surface area contributed by atoms with Gasteiger partial charge in [-0.15, -0.1) is 11.3 Å². The van der Waals surface area contributed by atoms with Gasteiger partial charge in [0.2, 0.25) is 0 Å². The normalized spacial score (nSPS) is 15.2. The first kappa shape index (κ1) is 23.8. The zero-order valence-corrected chi connectivity index (χ0v) is 21.3. The Balaban J connectivity index is 1.54. The highest BCUT2D eigenvalue weighted by molar-refractivity contribution is 7.22. The summed E-state index contributed by atoms with van der Waals surface area (Å²) in [5.74, 6) is 0. The Hall–Kier alpha value is -3.89. The van der Waals surface area contributed by atoms with Crippen LogP contribution in [-0.4, -0.2) is 11.8 Å². The number of allylic oxidation sites excluding steroid dienone is 5. The van der Waals surface area contributed by atoms with Gasteiger partial charge in [0.25, 0.3) is 0 Å². The number of thiophene rings is 1. The first-order valence-electron chi connectivity index (χ1n) is 12.4. The largest absolute Gasteiger partial charge is 0.398 e. The molecule has 4 aromatic rings. The van der Waals surface area contributed by atoms with Crippen molar-refractivity contribution in [1.82, 2.24) is 0 Å². The number of rotatable bonds is 7. The van der Waals surface area contributed by atoms with Crippen LogP contribution in [0.25, 0.3) is 26.2 Å². The summed E-state index contributed by atoms with van der Waals surface area (Å²) in [5.41, 5.74) is 19.9. The maximum absolute atomic E-state index is 6.52. The van der Waals surface area contributed by atoms with E-state index in [4.69, 9.17) is 16.5 Å². The predicted octanol–water partition coefficient (Wildman–Crippen LogP) is 7.80. The number of nitrogen functional groups attached to an aromatic ring is 1. The van der Waals surface area contributed by atoms with Crippen molar-refractivity contribution in [2.24, 2.45) is 10.7 Å². The fourth-order valence-corrected chi connectivity index (χ4v) is 5.94. The molecule has 0 spiro atoms. The lowest BCUT2D eigenvalue weighted by molar-refractivity contribution is 0.747. The maximum atomic E-state index is 6.52. The van der Waals surface area contributed by atoms with Crippen LogP contribution in [0.15, 0.2) is 114 Å². The zero-order valence-electron chi connectivity index (χ0n) is 20.5. The Labute approximate surface area is 217 Å². The smallest absolute Gasteiger partial charge is 0.0667 e. The molecule has 1 aliphatic rings. The summed E-state index contributed by atoms with van der Waals surface area (Å²) in [6, 6.07) is 26.9. The Kier molecular flexibility index (Phi) is 7.15. The van der Waals surface area contributed by atoms with Crippen LogP contribution in [0.3, 0.4) is 0 Å². The fraction of sp³-hybridized carbons (Fsp3) is 0.156. The van der Waals surface area contributed by atoms with Crippen LogP contribution in [0.1, 0.15) is 30.9 Å². The third-order valence-electron chi connectivity index (χ3n) is 6.45. The molecule has 3 aromatic carbocycles. The number of aliphatic imine (C=N–C) groups is 1. The molecule has 36 heavy (non-hydrogen) atoms. The van der Waals surface area contributed by atoms with Crippen LogP contribution in [-0.2, 0) is 6.42 Å². The van der Waals surface area contributed by atoms with E-state index in [1.54, 1.807) is 11.3 Å². The molecule has 0 bridgehead atoms. The highest BCUT2D eigenvalue weighted by Crippen LogP contribution is 2.41. The van der Waals surface area contributed by atoms with Crippen molar-refractivity contribution in [3.63, 3.8) is 0 Å². The number of nitrogens with zero attached hydrogens (tertiary/aromatic N) is 1. The van der Waals surface area contributed by atoms with Gasteiger partial charge in [-0.3, -0.25) is 4.99 Å². The van der Waals surface area contributed by atoms with Crippen LogP contribution in [0.5, 0.6) is 0 Å². The van der Waals surface area contributed by atoms with E-state index in [-0.39, 0.29) is 6.04 Å². The number of hydrogen-bond acceptors (Lipinski definition) is 4. The minimum atomic E-state index is 0.0535. The molecule has 0 saturated heterocycles. The van der Waals surface area contributed by atoms with E-state index in [9.17, 15) is 0 Å². The average molecular weight is 490 g/mol. The second-order valence-electron chi connectivity index (χ2n) is 9.17. The van der Waals surface area contributed by atoms with Gasteiger partial charge in [-0.25, -0.2) is 0 Å². The highest BCUT2D eigenvalue weighted by Gasteiger charge is 2.18. The topological polar surface area (TPSA) is 64.4 Å². The molecule has 4 N–H and O–H groups in total. The van der Waals surface area contributed by atoms with Crippen molar-refractivity contribution >= 4 is 38.5 Å².